The highest BCUT2D eigenvalue weighted by Gasteiger charge is 2.39. The monoisotopic (exact) mass is 462 g/mol. The third-order valence-electron chi connectivity index (χ3n) is 6.94. The molecule has 5 rings (SSSR count). The quantitative estimate of drug-likeness (QED) is 0.637. The minimum Gasteiger partial charge on any atom is -0.299 e. The van der Waals surface area contributed by atoms with E-state index in [0.717, 1.165) is 54.9 Å². The number of fused-ring (bicyclic) bond motifs is 1. The Morgan fingerprint density at radius 1 is 1.16 bits per heavy atom. The fourth-order valence-electron chi connectivity index (χ4n) is 4.97. The molecule has 0 spiro atoms. The van der Waals surface area contributed by atoms with Crippen molar-refractivity contribution in [3.05, 3.63) is 69.5 Å². The Morgan fingerprint density at radius 3 is 2.65 bits per heavy atom. The first-order valence-corrected chi connectivity index (χ1v) is 13.2. The maximum atomic E-state index is 14.9. The maximum Gasteiger partial charge on any atom is 0.212 e. The third-order valence-corrected chi connectivity index (χ3v) is 8.67. The summed E-state index contributed by atoms with van der Waals surface area (Å²) in [6.45, 7) is 2.18. The Morgan fingerprint density at radius 2 is 1.97 bits per heavy atom. The summed E-state index contributed by atoms with van der Waals surface area (Å²) in [6, 6.07) is 11.8. The highest BCUT2D eigenvalue weighted by Crippen LogP contribution is 2.41. The molecule has 1 N–H and O–H groups in total. The summed E-state index contributed by atoms with van der Waals surface area (Å²) in [4.78, 5) is 2.49. The summed E-state index contributed by atoms with van der Waals surface area (Å²) < 4.78 is 42.0. The maximum absolute atomic E-state index is 14.9. The van der Waals surface area contributed by atoms with E-state index in [0.29, 0.717) is 11.6 Å². The molecular weight excluding hydrogens is 435 g/mol. The molecule has 31 heavy (non-hydrogen) atoms. The summed E-state index contributed by atoms with van der Waals surface area (Å²) in [7, 11) is -3.37. The smallest absolute Gasteiger partial charge is 0.212 e. The van der Waals surface area contributed by atoms with Gasteiger partial charge in [-0.1, -0.05) is 29.8 Å². The molecule has 0 aromatic heterocycles. The van der Waals surface area contributed by atoms with Crippen LogP contribution in [0.2, 0.25) is 5.02 Å². The lowest BCUT2D eigenvalue weighted by atomic mass is 9.88. The van der Waals surface area contributed by atoms with Crippen LogP contribution in [0.15, 0.2) is 36.4 Å². The van der Waals surface area contributed by atoms with E-state index in [4.69, 9.17) is 11.6 Å². The van der Waals surface area contributed by atoms with E-state index in [1.165, 1.54) is 12.0 Å². The average Bonchev–Trinajstić information content (AvgIpc) is 3.41. The SMILES string of the molecule is O=S(=O)(CC1CC1)NCc1cc2c(cc1F)CC(N1CCC1)C2Cc1cccc(Cl)c1. The normalized spacial score (nSPS) is 23.5. The second-order valence-electron chi connectivity index (χ2n) is 9.29. The van der Waals surface area contributed by atoms with E-state index in [-0.39, 0.29) is 30.0 Å². The van der Waals surface area contributed by atoms with Gasteiger partial charge in [-0.05, 0) is 86.0 Å². The van der Waals surface area contributed by atoms with Crippen LogP contribution in [0.25, 0.3) is 0 Å². The first-order valence-electron chi connectivity index (χ1n) is 11.1. The van der Waals surface area contributed by atoms with Crippen molar-refractivity contribution in [1.29, 1.82) is 0 Å². The average molecular weight is 463 g/mol. The van der Waals surface area contributed by atoms with Gasteiger partial charge >= 0.3 is 0 Å². The van der Waals surface area contributed by atoms with Gasteiger partial charge in [0, 0.05) is 29.1 Å². The number of hydrogen-bond acceptors (Lipinski definition) is 3. The molecule has 166 valence electrons. The molecule has 4 nitrogen and oxygen atoms in total. The minimum absolute atomic E-state index is 0.00638. The largest absolute Gasteiger partial charge is 0.299 e. The van der Waals surface area contributed by atoms with Crippen molar-refractivity contribution in [3.63, 3.8) is 0 Å². The van der Waals surface area contributed by atoms with Gasteiger partial charge in [0.2, 0.25) is 10.0 Å². The van der Waals surface area contributed by atoms with Crippen LogP contribution in [0.4, 0.5) is 4.39 Å². The van der Waals surface area contributed by atoms with Crippen molar-refractivity contribution >= 4 is 21.6 Å². The number of likely N-dealkylation sites (tertiary alicyclic amines) is 1. The summed E-state index contributed by atoms with van der Waals surface area (Å²) in [6.07, 6.45) is 4.83. The molecule has 1 saturated heterocycles. The zero-order valence-electron chi connectivity index (χ0n) is 17.5. The second kappa shape index (κ2) is 8.47. The molecule has 2 aromatic carbocycles. The van der Waals surface area contributed by atoms with Crippen molar-refractivity contribution in [1.82, 2.24) is 9.62 Å². The van der Waals surface area contributed by atoms with Gasteiger partial charge in [0.05, 0.1) is 5.75 Å². The van der Waals surface area contributed by atoms with Gasteiger partial charge in [0.15, 0.2) is 0 Å². The van der Waals surface area contributed by atoms with Crippen molar-refractivity contribution in [2.24, 2.45) is 5.92 Å². The number of halogens is 2. The lowest BCUT2D eigenvalue weighted by Gasteiger charge is -2.39. The van der Waals surface area contributed by atoms with E-state index in [2.05, 4.69) is 15.7 Å². The molecule has 3 aliphatic rings. The molecule has 2 unspecified atom stereocenters. The number of rotatable bonds is 8. The van der Waals surface area contributed by atoms with Crippen molar-refractivity contribution in [3.8, 4) is 0 Å². The van der Waals surface area contributed by atoms with E-state index < -0.39 is 10.0 Å². The minimum atomic E-state index is -3.37. The molecule has 7 heteroatoms. The molecule has 2 aliphatic carbocycles. The zero-order chi connectivity index (χ0) is 21.6. The molecule has 2 fully saturated rings. The first kappa shape index (κ1) is 21.4. The fourth-order valence-corrected chi connectivity index (χ4v) is 6.63. The van der Waals surface area contributed by atoms with E-state index >= 15 is 0 Å². The predicted molar refractivity (Wildman–Crippen MR) is 121 cm³/mol. The molecule has 1 saturated carbocycles. The van der Waals surface area contributed by atoms with Crippen molar-refractivity contribution in [2.75, 3.05) is 18.8 Å². The molecular formula is C24H28ClFN2O2S. The van der Waals surface area contributed by atoms with Crippen molar-refractivity contribution in [2.45, 2.75) is 50.6 Å². The summed E-state index contributed by atoms with van der Waals surface area (Å²) in [5.41, 5.74) is 3.80. The molecule has 2 atom stereocenters. The summed E-state index contributed by atoms with van der Waals surface area (Å²) in [5, 5.41) is 0.723. The summed E-state index contributed by atoms with van der Waals surface area (Å²) in [5.74, 6) is 0.338. The van der Waals surface area contributed by atoms with Crippen molar-refractivity contribution < 1.29 is 12.8 Å². The standard InChI is InChI=1S/C24H28ClFN2O2S/c25-20-4-1-3-17(9-20)10-22-21-11-19(14-27-31(29,30)15-16-5-6-16)23(26)12-18(21)13-24(22)28-7-2-8-28/h1,3-4,9,11-12,16,22,24,27H,2,5-8,10,13-15H2. The van der Waals surface area contributed by atoms with Gasteiger partial charge in [-0.3, -0.25) is 4.90 Å². The zero-order valence-corrected chi connectivity index (χ0v) is 19.1. The number of nitrogens with zero attached hydrogens (tertiary/aromatic N) is 1. The highest BCUT2D eigenvalue weighted by atomic mass is 35.5. The van der Waals surface area contributed by atoms with Crippen LogP contribution in [0.5, 0.6) is 0 Å². The Bertz CT molecular complexity index is 1080. The topological polar surface area (TPSA) is 49.4 Å². The molecule has 1 aliphatic heterocycles. The second-order valence-corrected chi connectivity index (χ2v) is 11.6. The Labute approximate surface area is 188 Å². The van der Waals surface area contributed by atoms with Crippen LogP contribution in [0, 0.1) is 11.7 Å². The van der Waals surface area contributed by atoms with Crippen LogP contribution >= 0.6 is 11.6 Å². The van der Waals surface area contributed by atoms with Gasteiger partial charge in [-0.2, -0.15) is 0 Å². The van der Waals surface area contributed by atoms with Gasteiger partial charge in [-0.15, -0.1) is 0 Å². The number of benzene rings is 2. The van der Waals surface area contributed by atoms with Crippen LogP contribution in [-0.4, -0.2) is 38.2 Å². The van der Waals surface area contributed by atoms with E-state index in [9.17, 15) is 12.8 Å². The van der Waals surface area contributed by atoms with Crippen LogP contribution in [0.3, 0.4) is 0 Å². The third kappa shape index (κ3) is 4.82. The molecule has 1 heterocycles. The van der Waals surface area contributed by atoms with E-state index in [1.807, 2.05) is 24.3 Å². The van der Waals surface area contributed by atoms with E-state index in [1.54, 1.807) is 6.07 Å². The van der Waals surface area contributed by atoms with Crippen LogP contribution in [-0.2, 0) is 29.4 Å². The number of nitrogens with one attached hydrogen (secondary N) is 1. The molecule has 0 radical (unpaired) electrons. The fraction of sp³-hybridized carbons (Fsp3) is 0.500. The van der Waals surface area contributed by atoms with Gasteiger partial charge < -0.3 is 0 Å². The van der Waals surface area contributed by atoms with Gasteiger partial charge in [0.25, 0.3) is 0 Å². The highest BCUT2D eigenvalue weighted by molar-refractivity contribution is 7.89. The molecule has 0 amide bonds. The number of sulfonamides is 1. The first-order chi connectivity index (χ1) is 14.9. The van der Waals surface area contributed by atoms with Gasteiger partial charge in [-0.25, -0.2) is 17.5 Å². The van der Waals surface area contributed by atoms with Gasteiger partial charge in [0.1, 0.15) is 5.82 Å². The Kier molecular flexibility index (Phi) is 5.84. The van der Waals surface area contributed by atoms with Crippen LogP contribution in [0.1, 0.15) is 47.4 Å². The lowest BCUT2D eigenvalue weighted by Crippen LogP contribution is -2.47. The molecule has 2 aromatic rings. The predicted octanol–water partition coefficient (Wildman–Crippen LogP) is 4.27. The Balaban J connectivity index is 1.40. The molecule has 0 bridgehead atoms. The van der Waals surface area contributed by atoms with Crippen LogP contribution < -0.4 is 4.72 Å². The Hall–Kier alpha value is -1.47. The lowest BCUT2D eigenvalue weighted by molar-refractivity contribution is 0.106. The summed E-state index contributed by atoms with van der Waals surface area (Å²) >= 11 is 6.21. The number of hydrogen-bond donors (Lipinski definition) is 1.